The Bertz CT molecular complexity index is 584. The molecule has 1 aromatic heterocycles. The number of aliphatic hydroxyl groups is 2. The maximum atomic E-state index is 11.7. The van der Waals surface area contributed by atoms with Gasteiger partial charge in [-0.3, -0.25) is 4.79 Å². The van der Waals surface area contributed by atoms with E-state index in [-0.39, 0.29) is 30.6 Å². The lowest BCUT2D eigenvalue weighted by Gasteiger charge is -2.27. The zero-order valence-corrected chi connectivity index (χ0v) is 15.3. The van der Waals surface area contributed by atoms with Gasteiger partial charge in [0, 0.05) is 19.7 Å². The molecule has 2 rings (SSSR count). The Labute approximate surface area is 147 Å². The van der Waals surface area contributed by atoms with E-state index in [4.69, 9.17) is 14.2 Å². The van der Waals surface area contributed by atoms with Gasteiger partial charge >= 0.3 is 0 Å². The van der Waals surface area contributed by atoms with E-state index in [0.29, 0.717) is 19.4 Å². The standard InChI is InChI=1S/C17H28N2O6/c1-5-17(6-2)24-9-13(25-17)15(22)14(21)12-8-19(10-23-7-3)16(18-12)11(4)20/h8,13-15,21-22H,5-7,9-10H2,1-4H3/t13-,14+,15+/m1/s1. The van der Waals surface area contributed by atoms with Crippen LogP contribution >= 0.6 is 0 Å². The molecule has 0 spiro atoms. The average Bonchev–Trinajstić information content (AvgIpc) is 3.23. The molecule has 0 aliphatic carbocycles. The van der Waals surface area contributed by atoms with E-state index < -0.39 is 24.1 Å². The first kappa shape index (κ1) is 20.0. The second-order valence-corrected chi connectivity index (χ2v) is 6.16. The van der Waals surface area contributed by atoms with Crippen LogP contribution in [0.2, 0.25) is 0 Å². The Morgan fingerprint density at radius 3 is 2.64 bits per heavy atom. The number of Topliss-reactive ketones (excluding diaryl/α,β-unsaturated/α-hetero) is 1. The molecular formula is C17H28N2O6. The minimum atomic E-state index is -1.29. The summed E-state index contributed by atoms with van der Waals surface area (Å²) in [6.45, 7) is 7.96. The molecule has 142 valence electrons. The topological polar surface area (TPSA) is 103 Å². The first-order valence-corrected chi connectivity index (χ1v) is 8.71. The zero-order chi connectivity index (χ0) is 18.6. The van der Waals surface area contributed by atoms with E-state index in [2.05, 4.69) is 4.98 Å². The molecule has 1 aliphatic heterocycles. The number of nitrogens with zero attached hydrogens (tertiary/aromatic N) is 2. The number of carbonyl (C=O) groups excluding carboxylic acids is 1. The first-order chi connectivity index (χ1) is 11.9. The molecule has 0 saturated carbocycles. The van der Waals surface area contributed by atoms with Crippen LogP contribution in [0.15, 0.2) is 6.20 Å². The maximum absolute atomic E-state index is 11.7. The Morgan fingerprint density at radius 1 is 1.44 bits per heavy atom. The SMILES string of the molecule is CCOCn1cc([C@H](O)[C@@H](O)[C@H]2COC(CC)(CC)O2)nc1C(C)=O. The molecule has 2 heterocycles. The Hall–Kier alpha value is -1.32. The third-order valence-electron chi connectivity index (χ3n) is 4.51. The molecule has 1 aliphatic rings. The van der Waals surface area contributed by atoms with Gasteiger partial charge in [-0.15, -0.1) is 0 Å². The van der Waals surface area contributed by atoms with E-state index in [9.17, 15) is 15.0 Å². The highest BCUT2D eigenvalue weighted by molar-refractivity contribution is 5.90. The normalized spacial score (nSPS) is 22.1. The monoisotopic (exact) mass is 356 g/mol. The first-order valence-electron chi connectivity index (χ1n) is 8.71. The lowest BCUT2D eigenvalue weighted by atomic mass is 10.1. The number of carbonyl (C=O) groups is 1. The van der Waals surface area contributed by atoms with Crippen LogP contribution in [-0.4, -0.2) is 56.8 Å². The van der Waals surface area contributed by atoms with Gasteiger partial charge in [-0.1, -0.05) is 13.8 Å². The molecule has 1 saturated heterocycles. The Morgan fingerprint density at radius 2 is 2.12 bits per heavy atom. The fraction of sp³-hybridized carbons (Fsp3) is 0.765. The summed E-state index contributed by atoms with van der Waals surface area (Å²) in [4.78, 5) is 15.9. The van der Waals surface area contributed by atoms with Crippen molar-refractivity contribution in [1.29, 1.82) is 0 Å². The van der Waals surface area contributed by atoms with Gasteiger partial charge in [-0.2, -0.15) is 0 Å². The van der Waals surface area contributed by atoms with Crippen molar-refractivity contribution in [1.82, 2.24) is 9.55 Å². The largest absolute Gasteiger partial charge is 0.387 e. The molecule has 2 N–H and O–H groups in total. The van der Waals surface area contributed by atoms with Gasteiger partial charge in [-0.05, 0) is 19.8 Å². The van der Waals surface area contributed by atoms with Gasteiger partial charge in [0.2, 0.25) is 0 Å². The van der Waals surface area contributed by atoms with Crippen molar-refractivity contribution in [3.63, 3.8) is 0 Å². The van der Waals surface area contributed by atoms with E-state index in [0.717, 1.165) is 0 Å². The molecule has 0 bridgehead atoms. The number of aliphatic hydroxyl groups excluding tert-OH is 2. The predicted molar refractivity (Wildman–Crippen MR) is 89.0 cm³/mol. The van der Waals surface area contributed by atoms with Crippen molar-refractivity contribution >= 4 is 5.78 Å². The minimum Gasteiger partial charge on any atom is -0.387 e. The number of ketones is 1. The van der Waals surface area contributed by atoms with Crippen LogP contribution in [0.3, 0.4) is 0 Å². The van der Waals surface area contributed by atoms with Crippen LogP contribution in [0.5, 0.6) is 0 Å². The van der Waals surface area contributed by atoms with Crippen molar-refractivity contribution in [2.75, 3.05) is 13.2 Å². The lowest BCUT2D eigenvalue weighted by Crippen LogP contribution is -2.37. The van der Waals surface area contributed by atoms with E-state index in [1.807, 2.05) is 20.8 Å². The zero-order valence-electron chi connectivity index (χ0n) is 15.3. The third kappa shape index (κ3) is 4.27. The summed E-state index contributed by atoms with van der Waals surface area (Å²) in [5, 5.41) is 21.0. The average molecular weight is 356 g/mol. The quantitative estimate of drug-likeness (QED) is 0.645. The maximum Gasteiger partial charge on any atom is 0.195 e. The number of aromatic nitrogens is 2. The highest BCUT2D eigenvalue weighted by Crippen LogP contribution is 2.34. The van der Waals surface area contributed by atoms with Crippen molar-refractivity contribution < 1.29 is 29.2 Å². The van der Waals surface area contributed by atoms with Crippen LogP contribution in [0.4, 0.5) is 0 Å². The van der Waals surface area contributed by atoms with E-state index in [1.54, 1.807) is 0 Å². The van der Waals surface area contributed by atoms with Gasteiger partial charge in [0.1, 0.15) is 25.0 Å². The molecule has 0 aromatic carbocycles. The third-order valence-corrected chi connectivity index (χ3v) is 4.51. The van der Waals surface area contributed by atoms with Gasteiger partial charge < -0.3 is 29.0 Å². The van der Waals surface area contributed by atoms with Crippen LogP contribution in [0.25, 0.3) is 0 Å². The summed E-state index contributed by atoms with van der Waals surface area (Å²) < 4.78 is 18.4. The molecule has 1 aromatic rings. The fourth-order valence-corrected chi connectivity index (χ4v) is 2.89. The summed E-state index contributed by atoms with van der Waals surface area (Å²) in [5.41, 5.74) is 0.200. The van der Waals surface area contributed by atoms with E-state index in [1.165, 1.54) is 17.7 Å². The summed E-state index contributed by atoms with van der Waals surface area (Å²) in [7, 11) is 0. The van der Waals surface area contributed by atoms with E-state index >= 15 is 0 Å². The highest BCUT2D eigenvalue weighted by Gasteiger charge is 2.44. The molecular weight excluding hydrogens is 328 g/mol. The van der Waals surface area contributed by atoms with Gasteiger partial charge in [0.25, 0.3) is 0 Å². The summed E-state index contributed by atoms with van der Waals surface area (Å²) in [5.74, 6) is -0.789. The summed E-state index contributed by atoms with van der Waals surface area (Å²) in [6, 6.07) is 0. The molecule has 0 unspecified atom stereocenters. The van der Waals surface area contributed by atoms with Crippen LogP contribution in [-0.2, 0) is 20.9 Å². The fourth-order valence-electron chi connectivity index (χ4n) is 2.89. The van der Waals surface area contributed by atoms with Crippen molar-refractivity contribution in [2.45, 2.75) is 71.4 Å². The number of ether oxygens (including phenoxy) is 3. The second kappa shape index (κ2) is 8.37. The highest BCUT2D eigenvalue weighted by atomic mass is 16.7. The molecule has 1 fully saturated rings. The number of rotatable bonds is 9. The van der Waals surface area contributed by atoms with Crippen molar-refractivity contribution in [3.05, 3.63) is 17.7 Å². The molecule has 3 atom stereocenters. The molecule has 8 nitrogen and oxygen atoms in total. The summed E-state index contributed by atoms with van der Waals surface area (Å²) >= 11 is 0. The van der Waals surface area contributed by atoms with Crippen molar-refractivity contribution in [2.24, 2.45) is 0 Å². The molecule has 0 radical (unpaired) electrons. The van der Waals surface area contributed by atoms with Crippen LogP contribution in [0, 0.1) is 0 Å². The molecule has 0 amide bonds. The van der Waals surface area contributed by atoms with Gasteiger partial charge in [0.05, 0.1) is 12.3 Å². The van der Waals surface area contributed by atoms with Gasteiger partial charge in [0.15, 0.2) is 17.4 Å². The smallest absolute Gasteiger partial charge is 0.195 e. The van der Waals surface area contributed by atoms with Crippen LogP contribution in [0.1, 0.15) is 63.0 Å². The number of hydrogen-bond acceptors (Lipinski definition) is 7. The Balaban J connectivity index is 2.14. The second-order valence-electron chi connectivity index (χ2n) is 6.16. The number of imidazole rings is 1. The van der Waals surface area contributed by atoms with Crippen molar-refractivity contribution in [3.8, 4) is 0 Å². The predicted octanol–water partition coefficient (Wildman–Crippen LogP) is 1.41. The summed E-state index contributed by atoms with van der Waals surface area (Å²) in [6.07, 6.45) is -0.342. The van der Waals surface area contributed by atoms with Crippen LogP contribution < -0.4 is 0 Å². The van der Waals surface area contributed by atoms with Gasteiger partial charge in [-0.25, -0.2) is 4.98 Å². The molecule has 8 heteroatoms. The number of hydrogen-bond donors (Lipinski definition) is 2. The molecule has 25 heavy (non-hydrogen) atoms. The Kier molecular flexibility index (Phi) is 6.70. The minimum absolute atomic E-state index is 0.152. The lowest BCUT2D eigenvalue weighted by molar-refractivity contribution is -0.188.